The van der Waals surface area contributed by atoms with Crippen molar-refractivity contribution in [2.45, 2.75) is 17.9 Å². The monoisotopic (exact) mass is 405 g/mol. The second kappa shape index (κ2) is 6.63. The smallest absolute Gasteiger partial charge is 0.242 e. The third-order valence-electron chi connectivity index (χ3n) is 2.01. The molecule has 1 rings (SSSR count). The summed E-state index contributed by atoms with van der Waals surface area (Å²) in [6, 6.07) is 1.34. The van der Waals surface area contributed by atoms with Crippen LogP contribution in [0.25, 0.3) is 0 Å². The van der Waals surface area contributed by atoms with E-state index in [1.807, 2.05) is 0 Å². The van der Waals surface area contributed by atoms with Gasteiger partial charge >= 0.3 is 0 Å². The van der Waals surface area contributed by atoms with Crippen LogP contribution in [-0.4, -0.2) is 33.5 Å². The molecule has 0 aliphatic rings. The summed E-state index contributed by atoms with van der Waals surface area (Å²) in [7, 11) is -1.95. The van der Waals surface area contributed by atoms with Crippen molar-refractivity contribution in [3.63, 3.8) is 0 Å². The molecule has 0 bridgehead atoms. The van der Waals surface area contributed by atoms with Gasteiger partial charge in [-0.25, -0.2) is 13.1 Å². The highest BCUT2D eigenvalue weighted by atomic mass is 79.9. The molecule has 0 saturated carbocycles. The fourth-order valence-corrected chi connectivity index (χ4v) is 5.49. The number of thiophene rings is 1. The molecule has 17 heavy (non-hydrogen) atoms. The molecule has 1 N–H and O–H groups in total. The van der Waals surface area contributed by atoms with E-state index >= 15 is 0 Å². The fraction of sp³-hybridized carbons (Fsp3) is 0.556. The minimum Gasteiger partial charge on any atom is -0.383 e. The van der Waals surface area contributed by atoms with E-state index in [2.05, 4.69) is 36.6 Å². The van der Waals surface area contributed by atoms with Crippen molar-refractivity contribution in [2.24, 2.45) is 0 Å². The molecule has 1 atom stereocenters. The van der Waals surface area contributed by atoms with E-state index < -0.39 is 10.0 Å². The first-order valence-corrected chi connectivity index (χ1v) is 8.95. The number of alkyl halides is 1. The first-order valence-electron chi connectivity index (χ1n) is 4.74. The van der Waals surface area contributed by atoms with Crippen LogP contribution in [0, 0.1) is 6.92 Å². The first kappa shape index (κ1) is 15.6. The Hall–Kier alpha value is 0.530. The Morgan fingerprint density at radius 1 is 1.59 bits per heavy atom. The van der Waals surface area contributed by atoms with Crippen LogP contribution >= 0.6 is 43.2 Å². The molecule has 4 nitrogen and oxygen atoms in total. The minimum atomic E-state index is -3.48. The summed E-state index contributed by atoms with van der Waals surface area (Å²) in [4.78, 5) is 1.08. The number of methoxy groups -OCH3 is 1. The second-order valence-electron chi connectivity index (χ2n) is 3.40. The van der Waals surface area contributed by atoms with Crippen LogP contribution in [0.4, 0.5) is 0 Å². The number of nitrogens with one attached hydrogen (secondary N) is 1. The SMILES string of the molecule is COCC(CBr)NS(=O)(=O)c1cc(Br)sc1C. The zero-order valence-corrected chi connectivity index (χ0v) is 14.2. The maximum Gasteiger partial charge on any atom is 0.242 e. The van der Waals surface area contributed by atoms with Crippen molar-refractivity contribution < 1.29 is 13.2 Å². The molecule has 8 heteroatoms. The van der Waals surface area contributed by atoms with Gasteiger partial charge in [0.05, 0.1) is 21.3 Å². The molecule has 0 amide bonds. The number of hydrogen-bond donors (Lipinski definition) is 1. The molecule has 0 radical (unpaired) electrons. The lowest BCUT2D eigenvalue weighted by atomic mass is 10.4. The highest BCUT2D eigenvalue weighted by Crippen LogP contribution is 2.29. The molecular weight excluding hydrogens is 394 g/mol. The van der Waals surface area contributed by atoms with Crippen molar-refractivity contribution in [3.05, 3.63) is 14.7 Å². The van der Waals surface area contributed by atoms with Gasteiger partial charge in [-0.1, -0.05) is 15.9 Å². The molecule has 1 aromatic heterocycles. The molecule has 0 aromatic carbocycles. The summed E-state index contributed by atoms with van der Waals surface area (Å²) in [5, 5.41) is 0.504. The molecule has 0 aliphatic carbocycles. The quantitative estimate of drug-likeness (QED) is 0.738. The van der Waals surface area contributed by atoms with Gasteiger partial charge in [-0.15, -0.1) is 11.3 Å². The second-order valence-corrected chi connectivity index (χ2v) is 8.36. The maximum absolute atomic E-state index is 12.1. The lowest BCUT2D eigenvalue weighted by Gasteiger charge is -2.15. The van der Waals surface area contributed by atoms with E-state index in [0.29, 0.717) is 16.8 Å². The van der Waals surface area contributed by atoms with Crippen molar-refractivity contribution >= 4 is 53.2 Å². The standard InChI is InChI=1S/C9H13Br2NO3S2/c1-6-8(3-9(11)16-6)17(13,14)12-7(4-10)5-15-2/h3,7,12H,4-5H2,1-2H3. The first-order chi connectivity index (χ1) is 7.90. The van der Waals surface area contributed by atoms with Gasteiger partial charge in [-0.3, -0.25) is 0 Å². The lowest BCUT2D eigenvalue weighted by molar-refractivity contribution is 0.182. The third-order valence-corrected chi connectivity index (χ3v) is 6.12. The molecule has 1 unspecified atom stereocenters. The van der Waals surface area contributed by atoms with Crippen LogP contribution in [0.2, 0.25) is 0 Å². The Morgan fingerprint density at radius 2 is 2.24 bits per heavy atom. The Bertz CT molecular complexity index is 473. The van der Waals surface area contributed by atoms with E-state index in [-0.39, 0.29) is 6.04 Å². The largest absolute Gasteiger partial charge is 0.383 e. The van der Waals surface area contributed by atoms with E-state index in [1.165, 1.54) is 18.4 Å². The average molecular weight is 407 g/mol. The van der Waals surface area contributed by atoms with E-state index in [4.69, 9.17) is 4.74 Å². The van der Waals surface area contributed by atoms with Crippen molar-refractivity contribution in [1.29, 1.82) is 0 Å². The molecule has 0 saturated heterocycles. The number of ether oxygens (including phenoxy) is 1. The predicted molar refractivity (Wildman–Crippen MR) is 76.5 cm³/mol. The molecule has 0 aliphatic heterocycles. The van der Waals surface area contributed by atoms with Crippen LogP contribution in [0.15, 0.2) is 14.7 Å². The Morgan fingerprint density at radius 3 is 2.65 bits per heavy atom. The normalized spacial score (nSPS) is 13.9. The summed E-state index contributed by atoms with van der Waals surface area (Å²) in [6.45, 7) is 2.11. The van der Waals surface area contributed by atoms with Crippen molar-refractivity contribution in [1.82, 2.24) is 4.72 Å². The van der Waals surface area contributed by atoms with Crippen LogP contribution in [0.1, 0.15) is 4.88 Å². The summed E-state index contributed by atoms with van der Waals surface area (Å²) >= 11 is 7.93. The minimum absolute atomic E-state index is 0.275. The van der Waals surface area contributed by atoms with Gasteiger partial charge in [0.2, 0.25) is 10.0 Å². The maximum atomic E-state index is 12.1. The third kappa shape index (κ3) is 4.29. The Labute approximate surface area is 122 Å². The molecule has 98 valence electrons. The number of aryl methyl sites for hydroxylation is 1. The summed E-state index contributed by atoms with van der Waals surface area (Å²) < 4.78 is 32.6. The zero-order valence-electron chi connectivity index (χ0n) is 9.37. The van der Waals surface area contributed by atoms with E-state index in [1.54, 1.807) is 13.0 Å². The summed E-state index contributed by atoms with van der Waals surface area (Å²) in [5.74, 6) is 0. The van der Waals surface area contributed by atoms with Gasteiger partial charge < -0.3 is 4.74 Å². The number of hydrogen-bond acceptors (Lipinski definition) is 4. The van der Waals surface area contributed by atoms with E-state index in [0.717, 1.165) is 8.66 Å². The lowest BCUT2D eigenvalue weighted by Crippen LogP contribution is -2.39. The highest BCUT2D eigenvalue weighted by molar-refractivity contribution is 9.11. The molecule has 0 fully saturated rings. The fourth-order valence-electron chi connectivity index (χ4n) is 1.29. The zero-order chi connectivity index (χ0) is 13.1. The number of rotatable bonds is 6. The molecule has 1 aromatic rings. The van der Waals surface area contributed by atoms with E-state index in [9.17, 15) is 8.42 Å². The molecule has 0 spiro atoms. The van der Waals surface area contributed by atoms with Gasteiger partial charge in [0.15, 0.2) is 0 Å². The summed E-state index contributed by atoms with van der Waals surface area (Å²) in [5.41, 5.74) is 0. The van der Waals surface area contributed by atoms with Gasteiger partial charge in [0.1, 0.15) is 0 Å². The predicted octanol–water partition coefficient (Wildman–Crippen LogP) is 2.51. The Kier molecular flexibility index (Phi) is 6.07. The average Bonchev–Trinajstić information content (AvgIpc) is 2.57. The van der Waals surface area contributed by atoms with Crippen LogP contribution in [0.5, 0.6) is 0 Å². The van der Waals surface area contributed by atoms with Gasteiger partial charge in [0, 0.05) is 17.3 Å². The van der Waals surface area contributed by atoms with Gasteiger partial charge in [-0.05, 0) is 28.9 Å². The topological polar surface area (TPSA) is 55.4 Å². The van der Waals surface area contributed by atoms with Crippen molar-refractivity contribution in [3.8, 4) is 0 Å². The molecular formula is C9H13Br2NO3S2. The van der Waals surface area contributed by atoms with Gasteiger partial charge in [-0.2, -0.15) is 0 Å². The Balaban J connectivity index is 2.92. The van der Waals surface area contributed by atoms with Crippen molar-refractivity contribution in [2.75, 3.05) is 19.0 Å². The summed E-state index contributed by atoms with van der Waals surface area (Å²) in [6.07, 6.45) is 0. The number of halogens is 2. The van der Waals surface area contributed by atoms with Crippen LogP contribution in [0.3, 0.4) is 0 Å². The van der Waals surface area contributed by atoms with Gasteiger partial charge in [0.25, 0.3) is 0 Å². The van der Waals surface area contributed by atoms with Crippen LogP contribution < -0.4 is 4.72 Å². The highest BCUT2D eigenvalue weighted by Gasteiger charge is 2.22. The van der Waals surface area contributed by atoms with Crippen LogP contribution in [-0.2, 0) is 14.8 Å². The molecule has 1 heterocycles. The number of sulfonamides is 1.